The Hall–Kier alpha value is -1.23. The van der Waals surface area contributed by atoms with Crippen LogP contribution in [0.5, 0.6) is 0 Å². The van der Waals surface area contributed by atoms with E-state index in [4.69, 9.17) is 15.5 Å². The van der Waals surface area contributed by atoms with E-state index in [0.29, 0.717) is 0 Å². The minimum absolute atomic E-state index is 0.179. The highest BCUT2D eigenvalue weighted by molar-refractivity contribution is 7.10. The van der Waals surface area contributed by atoms with E-state index in [1.165, 1.54) is 24.0 Å². The zero-order valence-corrected chi connectivity index (χ0v) is 13.3. The van der Waals surface area contributed by atoms with E-state index in [1.807, 2.05) is 0 Å². The van der Waals surface area contributed by atoms with Crippen LogP contribution in [0, 0.1) is 0 Å². The Labute approximate surface area is 130 Å². The molecule has 0 amide bonds. The molecule has 0 radical (unpaired) electrons. The fourth-order valence-electron chi connectivity index (χ4n) is 2.92. The van der Waals surface area contributed by atoms with E-state index >= 15 is 0 Å². The predicted molar refractivity (Wildman–Crippen MR) is 87.5 cm³/mol. The summed E-state index contributed by atoms with van der Waals surface area (Å²) in [6.07, 6.45) is 5.52. The molecule has 1 aliphatic carbocycles. The Morgan fingerprint density at radius 1 is 1.24 bits per heavy atom. The highest BCUT2D eigenvalue weighted by Gasteiger charge is 2.34. The van der Waals surface area contributed by atoms with Gasteiger partial charge in [0, 0.05) is 18.1 Å². The molecule has 2 aromatic rings. The molecule has 0 aliphatic heterocycles. The van der Waals surface area contributed by atoms with Crippen molar-refractivity contribution in [1.82, 2.24) is 4.98 Å². The summed E-state index contributed by atoms with van der Waals surface area (Å²) < 4.78 is 5.11. The van der Waals surface area contributed by atoms with Gasteiger partial charge in [0.1, 0.15) is 5.01 Å². The summed E-state index contributed by atoms with van der Waals surface area (Å²) >= 11 is 1.70. The number of rotatable bonds is 5. The number of ether oxygens (including phenoxy) is 1. The van der Waals surface area contributed by atoms with E-state index in [9.17, 15) is 0 Å². The van der Waals surface area contributed by atoms with Crippen molar-refractivity contribution < 1.29 is 4.74 Å². The van der Waals surface area contributed by atoms with E-state index in [0.717, 1.165) is 36.6 Å². The van der Waals surface area contributed by atoms with E-state index in [1.54, 1.807) is 18.4 Å². The van der Waals surface area contributed by atoms with Crippen molar-refractivity contribution >= 4 is 11.3 Å². The van der Waals surface area contributed by atoms with Crippen molar-refractivity contribution in [1.29, 1.82) is 0 Å². The van der Waals surface area contributed by atoms with Crippen molar-refractivity contribution in [3.63, 3.8) is 0 Å². The Kier molecular flexibility index (Phi) is 4.38. The quantitative estimate of drug-likeness (QED) is 0.915. The molecule has 1 saturated carbocycles. The molecule has 3 rings (SSSR count). The maximum atomic E-state index is 6.48. The molecule has 112 valence electrons. The number of methoxy groups -OCH3 is 1. The first-order valence-electron chi connectivity index (χ1n) is 7.54. The summed E-state index contributed by atoms with van der Waals surface area (Å²) in [5.74, 6) is 0. The minimum atomic E-state index is -0.179. The van der Waals surface area contributed by atoms with Gasteiger partial charge in [0.05, 0.1) is 17.8 Å². The topological polar surface area (TPSA) is 48.1 Å². The number of aromatic nitrogens is 1. The highest BCUT2D eigenvalue weighted by Crippen LogP contribution is 2.38. The molecule has 1 fully saturated rings. The number of nitrogens with two attached hydrogens (primary N) is 1. The maximum absolute atomic E-state index is 6.48. The molecule has 0 atom stereocenters. The van der Waals surface area contributed by atoms with Gasteiger partial charge in [0.2, 0.25) is 0 Å². The fourth-order valence-corrected chi connectivity index (χ4v) is 3.92. The number of hydrogen-bond donors (Lipinski definition) is 1. The van der Waals surface area contributed by atoms with Crippen LogP contribution in [-0.2, 0) is 16.7 Å². The molecule has 1 aromatic carbocycles. The summed E-state index contributed by atoms with van der Waals surface area (Å²) in [6, 6.07) is 8.59. The van der Waals surface area contributed by atoms with Gasteiger partial charge in [-0.1, -0.05) is 37.1 Å². The Bertz CT molecular complexity index is 585. The van der Waals surface area contributed by atoms with Gasteiger partial charge in [0.15, 0.2) is 0 Å². The van der Waals surface area contributed by atoms with Gasteiger partial charge in [0.25, 0.3) is 0 Å². The van der Waals surface area contributed by atoms with Crippen LogP contribution in [0.15, 0.2) is 29.6 Å². The zero-order chi connectivity index (χ0) is 14.7. The number of benzene rings is 1. The van der Waals surface area contributed by atoms with Gasteiger partial charge < -0.3 is 10.5 Å². The van der Waals surface area contributed by atoms with Gasteiger partial charge in [-0.2, -0.15) is 0 Å². The Morgan fingerprint density at radius 3 is 2.62 bits per heavy atom. The first kappa shape index (κ1) is 14.7. The molecule has 21 heavy (non-hydrogen) atoms. The minimum Gasteiger partial charge on any atom is -0.384 e. The average Bonchev–Trinajstić information content (AvgIpc) is 3.15. The molecule has 0 bridgehead atoms. The second kappa shape index (κ2) is 6.26. The van der Waals surface area contributed by atoms with Crippen molar-refractivity contribution in [3.05, 3.63) is 40.2 Å². The van der Waals surface area contributed by atoms with Crippen LogP contribution in [0.1, 0.15) is 36.3 Å². The fraction of sp³-hybridized carbons (Fsp3) is 0.471. The highest BCUT2D eigenvalue weighted by atomic mass is 32.1. The second-order valence-corrected chi connectivity index (χ2v) is 6.70. The second-order valence-electron chi connectivity index (χ2n) is 5.84. The van der Waals surface area contributed by atoms with Crippen LogP contribution in [0.4, 0.5) is 0 Å². The van der Waals surface area contributed by atoms with E-state index < -0.39 is 0 Å². The van der Waals surface area contributed by atoms with Crippen LogP contribution < -0.4 is 5.73 Å². The summed E-state index contributed by atoms with van der Waals surface area (Å²) in [4.78, 5) is 4.79. The number of nitrogens with zero attached hydrogens (tertiary/aromatic N) is 1. The first-order valence-corrected chi connectivity index (χ1v) is 8.42. The zero-order valence-electron chi connectivity index (χ0n) is 12.5. The number of hydrogen-bond acceptors (Lipinski definition) is 4. The maximum Gasteiger partial charge on any atom is 0.113 e. The molecule has 1 heterocycles. The van der Waals surface area contributed by atoms with Gasteiger partial charge in [-0.3, -0.25) is 0 Å². The Balaban J connectivity index is 1.76. The van der Waals surface area contributed by atoms with Crippen LogP contribution in [-0.4, -0.2) is 18.7 Å². The molecule has 2 N–H and O–H groups in total. The average molecular weight is 302 g/mol. The monoisotopic (exact) mass is 302 g/mol. The number of thiazole rings is 1. The molecular weight excluding hydrogens is 280 g/mol. The predicted octanol–water partition coefficient (Wildman–Crippen LogP) is 3.73. The van der Waals surface area contributed by atoms with Gasteiger partial charge in [-0.05, 0) is 24.8 Å². The molecule has 0 unspecified atom stereocenters. The summed E-state index contributed by atoms with van der Waals surface area (Å²) in [6.45, 7) is 0.760. The molecule has 1 aromatic heterocycles. The molecular formula is C17H22N2OS. The third kappa shape index (κ3) is 3.18. The lowest BCUT2D eigenvalue weighted by Gasteiger charge is -2.19. The lowest BCUT2D eigenvalue weighted by atomic mass is 10.0. The molecule has 0 spiro atoms. The third-order valence-electron chi connectivity index (χ3n) is 4.27. The largest absolute Gasteiger partial charge is 0.384 e. The summed E-state index contributed by atoms with van der Waals surface area (Å²) in [5, 5.41) is 3.23. The molecule has 0 saturated heterocycles. The molecule has 3 nitrogen and oxygen atoms in total. The van der Waals surface area contributed by atoms with Crippen molar-refractivity contribution in [3.8, 4) is 11.3 Å². The van der Waals surface area contributed by atoms with Crippen molar-refractivity contribution in [2.45, 2.75) is 37.6 Å². The van der Waals surface area contributed by atoms with Crippen molar-refractivity contribution in [2.75, 3.05) is 13.7 Å². The van der Waals surface area contributed by atoms with Gasteiger partial charge in [-0.15, -0.1) is 11.3 Å². The molecule has 4 heteroatoms. The third-order valence-corrected chi connectivity index (χ3v) is 5.33. The van der Waals surface area contributed by atoms with Crippen molar-refractivity contribution in [2.24, 2.45) is 5.73 Å². The first-order chi connectivity index (χ1) is 10.2. The van der Waals surface area contributed by atoms with E-state index in [-0.39, 0.29) is 5.54 Å². The lowest BCUT2D eigenvalue weighted by Crippen LogP contribution is -2.32. The normalized spacial score (nSPS) is 17.2. The summed E-state index contributed by atoms with van der Waals surface area (Å²) in [5.41, 5.74) is 9.81. The van der Waals surface area contributed by atoms with Crippen LogP contribution in [0.3, 0.4) is 0 Å². The summed E-state index contributed by atoms with van der Waals surface area (Å²) in [7, 11) is 1.73. The Morgan fingerprint density at radius 2 is 1.95 bits per heavy atom. The van der Waals surface area contributed by atoms with Crippen LogP contribution in [0.25, 0.3) is 11.3 Å². The SMILES string of the molecule is COCCc1ccc(-c2csc(C3(N)CCCC3)n2)cc1. The van der Waals surface area contributed by atoms with Gasteiger partial charge >= 0.3 is 0 Å². The van der Waals surface area contributed by atoms with Crippen LogP contribution >= 0.6 is 11.3 Å². The van der Waals surface area contributed by atoms with Gasteiger partial charge in [-0.25, -0.2) is 4.98 Å². The lowest BCUT2D eigenvalue weighted by molar-refractivity contribution is 0.202. The molecule has 1 aliphatic rings. The van der Waals surface area contributed by atoms with Crippen LogP contribution in [0.2, 0.25) is 0 Å². The smallest absolute Gasteiger partial charge is 0.113 e. The standard InChI is InChI=1S/C17H22N2OS/c1-20-11-8-13-4-6-14(7-5-13)15-12-21-16(19-15)17(18)9-2-3-10-17/h4-7,12H,2-3,8-11,18H2,1H3. The van der Waals surface area contributed by atoms with E-state index in [2.05, 4.69) is 29.6 Å².